The topological polar surface area (TPSA) is 92.0 Å². The highest BCUT2D eigenvalue weighted by molar-refractivity contribution is 5.69. The third-order valence-electron chi connectivity index (χ3n) is 5.78. The quantitative estimate of drug-likeness (QED) is 0.685. The van der Waals surface area contributed by atoms with E-state index in [0.29, 0.717) is 23.3 Å². The van der Waals surface area contributed by atoms with E-state index in [2.05, 4.69) is 30.6 Å². The molecule has 0 spiro atoms. The Labute approximate surface area is 167 Å². The van der Waals surface area contributed by atoms with Crippen molar-refractivity contribution in [1.82, 2.24) is 30.3 Å². The number of rotatable bonds is 5. The molecule has 1 aliphatic carbocycles. The van der Waals surface area contributed by atoms with Crippen LogP contribution in [0, 0.1) is 5.82 Å². The molecule has 1 saturated heterocycles. The van der Waals surface area contributed by atoms with E-state index >= 15 is 0 Å². The van der Waals surface area contributed by atoms with Gasteiger partial charge in [0.1, 0.15) is 24.2 Å². The van der Waals surface area contributed by atoms with E-state index in [0.717, 1.165) is 25.3 Å². The molecule has 3 aromatic rings. The fourth-order valence-corrected chi connectivity index (χ4v) is 3.93. The summed E-state index contributed by atoms with van der Waals surface area (Å²) in [6.45, 7) is 1.85. The number of aromatic nitrogens is 5. The van der Waals surface area contributed by atoms with Gasteiger partial charge in [-0.3, -0.25) is 4.57 Å². The van der Waals surface area contributed by atoms with Gasteiger partial charge in [0.15, 0.2) is 5.82 Å². The van der Waals surface area contributed by atoms with Gasteiger partial charge in [-0.2, -0.15) is 0 Å². The summed E-state index contributed by atoms with van der Waals surface area (Å²) in [6, 6.07) is 7.39. The Morgan fingerprint density at radius 2 is 1.86 bits per heavy atom. The van der Waals surface area contributed by atoms with Gasteiger partial charge < -0.3 is 15.3 Å². The second-order valence-corrected chi connectivity index (χ2v) is 7.69. The third-order valence-corrected chi connectivity index (χ3v) is 5.78. The van der Waals surface area contributed by atoms with Crippen molar-refractivity contribution in [2.75, 3.05) is 18.0 Å². The molecule has 1 aromatic carbocycles. The lowest BCUT2D eigenvalue weighted by molar-refractivity contribution is 0.311. The van der Waals surface area contributed by atoms with E-state index < -0.39 is 5.82 Å². The smallest absolute Gasteiger partial charge is 0.151 e. The first-order valence-corrected chi connectivity index (χ1v) is 9.90. The number of nitrogens with zero attached hydrogens (tertiary/aromatic N) is 6. The molecule has 2 aromatic heterocycles. The Balaban J connectivity index is 1.32. The van der Waals surface area contributed by atoms with Crippen LogP contribution in [0.3, 0.4) is 0 Å². The zero-order valence-electron chi connectivity index (χ0n) is 15.9. The predicted octanol–water partition coefficient (Wildman–Crippen LogP) is 2.29. The van der Waals surface area contributed by atoms with Gasteiger partial charge in [-0.05, 0) is 37.5 Å². The lowest BCUT2D eigenvalue weighted by Crippen LogP contribution is -2.43. The van der Waals surface area contributed by atoms with Crippen LogP contribution in [-0.2, 0) is 0 Å². The van der Waals surface area contributed by atoms with Crippen molar-refractivity contribution in [3.8, 4) is 22.7 Å². The highest BCUT2D eigenvalue weighted by atomic mass is 19.1. The number of phenolic OH excluding ortho intramolecular Hbond substituents is 1. The second-order valence-electron chi connectivity index (χ2n) is 7.69. The molecule has 8 nitrogen and oxygen atoms in total. The average molecular weight is 395 g/mol. The molecule has 29 heavy (non-hydrogen) atoms. The van der Waals surface area contributed by atoms with Crippen LogP contribution in [0.4, 0.5) is 10.2 Å². The molecule has 1 saturated carbocycles. The van der Waals surface area contributed by atoms with E-state index in [1.165, 1.54) is 48.6 Å². The van der Waals surface area contributed by atoms with Crippen LogP contribution in [0.25, 0.3) is 16.9 Å². The lowest BCUT2D eigenvalue weighted by Gasteiger charge is -2.29. The highest BCUT2D eigenvalue weighted by Crippen LogP contribution is 2.32. The van der Waals surface area contributed by atoms with Gasteiger partial charge in [0.2, 0.25) is 0 Å². The van der Waals surface area contributed by atoms with Crippen LogP contribution < -0.4 is 10.2 Å². The summed E-state index contributed by atoms with van der Waals surface area (Å²) in [4.78, 5) is 2.21. The molecule has 0 bridgehead atoms. The Bertz CT molecular complexity index is 989. The van der Waals surface area contributed by atoms with Gasteiger partial charge in [0.05, 0.1) is 11.4 Å². The normalized spacial score (nSPS) is 19.5. The molecule has 1 atom stereocenters. The third kappa shape index (κ3) is 3.53. The van der Waals surface area contributed by atoms with Crippen LogP contribution in [0.5, 0.6) is 5.75 Å². The van der Waals surface area contributed by atoms with Crippen LogP contribution in [-0.4, -0.2) is 55.2 Å². The maximum Gasteiger partial charge on any atom is 0.151 e. The highest BCUT2D eigenvalue weighted by Gasteiger charge is 2.28. The van der Waals surface area contributed by atoms with Gasteiger partial charge in [-0.25, -0.2) is 4.39 Å². The van der Waals surface area contributed by atoms with E-state index in [-0.39, 0.29) is 11.4 Å². The average Bonchev–Trinajstić information content (AvgIpc) is 3.38. The molecular weight excluding hydrogens is 373 g/mol. The number of benzene rings is 1. The molecule has 1 aliphatic heterocycles. The van der Waals surface area contributed by atoms with E-state index in [1.54, 1.807) is 6.07 Å². The zero-order chi connectivity index (χ0) is 19.8. The standard InChI is InChI=1S/C20H22FN7O/c21-16-8-15(19(29)9-18(16)28-11-22-23-12-28)17-4-5-20(26-25-17)27-7-6-14(10-27)24-13-2-1-3-13/h4-5,8-9,11-14,24,29H,1-3,6-7,10H2. The molecule has 1 unspecified atom stereocenters. The molecule has 0 radical (unpaired) electrons. The summed E-state index contributed by atoms with van der Waals surface area (Å²) in [5, 5.41) is 30.0. The lowest BCUT2D eigenvalue weighted by atomic mass is 9.92. The Morgan fingerprint density at radius 1 is 1.03 bits per heavy atom. The number of anilines is 1. The van der Waals surface area contributed by atoms with Crippen molar-refractivity contribution in [3.63, 3.8) is 0 Å². The number of aromatic hydroxyl groups is 1. The minimum atomic E-state index is -0.507. The first kappa shape index (κ1) is 18.0. The molecule has 150 valence electrons. The molecule has 3 heterocycles. The fourth-order valence-electron chi connectivity index (χ4n) is 3.93. The van der Waals surface area contributed by atoms with E-state index in [9.17, 15) is 9.50 Å². The van der Waals surface area contributed by atoms with Crippen molar-refractivity contribution >= 4 is 5.82 Å². The minimum absolute atomic E-state index is 0.0805. The zero-order valence-corrected chi connectivity index (χ0v) is 15.9. The Kier molecular flexibility index (Phi) is 4.59. The minimum Gasteiger partial charge on any atom is -0.507 e. The maximum absolute atomic E-state index is 14.5. The summed E-state index contributed by atoms with van der Waals surface area (Å²) in [7, 11) is 0. The molecule has 2 aliphatic rings. The van der Waals surface area contributed by atoms with Crippen molar-refractivity contribution in [1.29, 1.82) is 0 Å². The molecule has 2 N–H and O–H groups in total. The summed E-state index contributed by atoms with van der Waals surface area (Å²) < 4.78 is 15.9. The summed E-state index contributed by atoms with van der Waals surface area (Å²) >= 11 is 0. The fraction of sp³-hybridized carbons (Fsp3) is 0.400. The number of phenols is 1. The number of hydrogen-bond acceptors (Lipinski definition) is 7. The van der Waals surface area contributed by atoms with Crippen molar-refractivity contribution < 1.29 is 9.50 Å². The summed E-state index contributed by atoms with van der Waals surface area (Å²) in [5.74, 6) is 0.212. The Hall–Kier alpha value is -3.07. The molecule has 0 amide bonds. The van der Waals surface area contributed by atoms with Gasteiger partial charge >= 0.3 is 0 Å². The SMILES string of the molecule is Oc1cc(-n2cnnc2)c(F)cc1-c1ccc(N2CCC(NC3CCC3)C2)nn1. The van der Waals surface area contributed by atoms with Crippen LogP contribution in [0.2, 0.25) is 0 Å². The second kappa shape index (κ2) is 7.40. The predicted molar refractivity (Wildman–Crippen MR) is 105 cm³/mol. The maximum atomic E-state index is 14.5. The van der Waals surface area contributed by atoms with Gasteiger partial charge in [0.25, 0.3) is 0 Å². The van der Waals surface area contributed by atoms with E-state index in [1.807, 2.05) is 6.07 Å². The molecule has 9 heteroatoms. The molecule has 2 fully saturated rings. The van der Waals surface area contributed by atoms with Gasteiger partial charge in [-0.1, -0.05) is 6.42 Å². The van der Waals surface area contributed by atoms with Gasteiger partial charge in [-0.15, -0.1) is 20.4 Å². The monoisotopic (exact) mass is 395 g/mol. The molecule has 5 rings (SSSR count). The van der Waals surface area contributed by atoms with Crippen LogP contribution in [0.15, 0.2) is 36.9 Å². The first-order valence-electron chi connectivity index (χ1n) is 9.90. The van der Waals surface area contributed by atoms with Crippen molar-refractivity contribution in [2.45, 2.75) is 37.8 Å². The largest absolute Gasteiger partial charge is 0.507 e. The summed E-state index contributed by atoms with van der Waals surface area (Å²) in [5.41, 5.74) is 0.885. The summed E-state index contributed by atoms with van der Waals surface area (Å²) in [6.07, 6.45) is 7.72. The van der Waals surface area contributed by atoms with Crippen LogP contribution in [0.1, 0.15) is 25.7 Å². The first-order chi connectivity index (χ1) is 14.2. The van der Waals surface area contributed by atoms with E-state index in [4.69, 9.17) is 0 Å². The van der Waals surface area contributed by atoms with Crippen molar-refractivity contribution in [2.24, 2.45) is 0 Å². The molecular formula is C20H22FN7O. The number of hydrogen-bond donors (Lipinski definition) is 2. The van der Waals surface area contributed by atoms with Gasteiger partial charge in [0, 0.05) is 36.8 Å². The number of nitrogens with one attached hydrogen (secondary N) is 1. The number of halogens is 1. The van der Waals surface area contributed by atoms with Crippen LogP contribution >= 0.6 is 0 Å². The Morgan fingerprint density at radius 3 is 2.55 bits per heavy atom. The van der Waals surface area contributed by atoms with Crippen molar-refractivity contribution in [3.05, 3.63) is 42.7 Å².